The second-order valence-electron chi connectivity index (χ2n) is 4.45. The zero-order valence-corrected chi connectivity index (χ0v) is 10.9. The summed E-state index contributed by atoms with van der Waals surface area (Å²) in [5.74, 6) is -0.0213. The third kappa shape index (κ3) is 1.83. The quantitative estimate of drug-likeness (QED) is 0.528. The summed E-state index contributed by atoms with van der Waals surface area (Å²) in [6.45, 7) is 0. The smallest absolute Gasteiger partial charge is 0.194 e. The molecule has 92 valence electrons. The molecule has 2 aromatic carbocycles. The van der Waals surface area contributed by atoms with E-state index in [4.69, 9.17) is 12.2 Å². The second-order valence-corrected chi connectivity index (χ2v) is 4.86. The molecule has 0 aliphatic heterocycles. The number of thiocarbonyl (C=S) groups is 1. The van der Waals surface area contributed by atoms with Crippen LogP contribution in [-0.4, -0.2) is 16.9 Å². The number of rotatable bonds is 2. The van der Waals surface area contributed by atoms with Gasteiger partial charge in [-0.3, -0.25) is 4.79 Å². The topological polar surface area (TPSA) is 34.1 Å². The van der Waals surface area contributed by atoms with Gasteiger partial charge < -0.3 is 4.79 Å². The highest BCUT2D eigenvalue weighted by atomic mass is 32.1. The zero-order valence-electron chi connectivity index (χ0n) is 10.1. The van der Waals surface area contributed by atoms with Gasteiger partial charge in [0.25, 0.3) is 0 Å². The van der Waals surface area contributed by atoms with Crippen LogP contribution in [0, 0.1) is 0 Å². The van der Waals surface area contributed by atoms with Gasteiger partial charge in [0.1, 0.15) is 6.29 Å². The highest BCUT2D eigenvalue weighted by Gasteiger charge is 2.26. The van der Waals surface area contributed by atoms with Gasteiger partial charge in [0.15, 0.2) is 5.78 Å². The Hall–Kier alpha value is -2.13. The summed E-state index contributed by atoms with van der Waals surface area (Å²) >= 11 is 5.45. The third-order valence-electron chi connectivity index (χ3n) is 3.31. The highest BCUT2D eigenvalue weighted by molar-refractivity contribution is 7.81. The van der Waals surface area contributed by atoms with E-state index in [2.05, 4.69) is 0 Å². The van der Waals surface area contributed by atoms with Crippen molar-refractivity contribution in [3.8, 4) is 0 Å². The number of fused-ring (bicyclic) bond motifs is 2. The van der Waals surface area contributed by atoms with Crippen molar-refractivity contribution in [1.82, 2.24) is 0 Å². The Morgan fingerprint density at radius 3 is 2.37 bits per heavy atom. The average Bonchev–Trinajstić information content (AvgIpc) is 2.45. The zero-order chi connectivity index (χ0) is 13.4. The van der Waals surface area contributed by atoms with Crippen LogP contribution < -0.4 is 0 Å². The van der Waals surface area contributed by atoms with Gasteiger partial charge in [0, 0.05) is 28.7 Å². The van der Waals surface area contributed by atoms with Gasteiger partial charge in [0.05, 0.1) is 4.86 Å². The van der Waals surface area contributed by atoms with Crippen LogP contribution in [0.4, 0.5) is 0 Å². The van der Waals surface area contributed by atoms with Crippen molar-refractivity contribution in [2.45, 2.75) is 6.42 Å². The Labute approximate surface area is 116 Å². The number of carbonyl (C=O) groups excluding carboxylic acids is 2. The minimum absolute atomic E-state index is 0.0213. The molecule has 0 saturated heterocycles. The molecule has 3 rings (SSSR count). The fraction of sp³-hybridized carbons (Fsp3) is 0.0625. The molecular weight excluding hydrogens is 256 g/mol. The first-order chi connectivity index (χ1) is 9.22. The van der Waals surface area contributed by atoms with Crippen molar-refractivity contribution in [3.63, 3.8) is 0 Å². The first-order valence-electron chi connectivity index (χ1n) is 5.97. The number of aldehydes is 1. The molecule has 0 unspecified atom stereocenters. The maximum absolute atomic E-state index is 12.5. The Morgan fingerprint density at radius 2 is 1.63 bits per heavy atom. The van der Waals surface area contributed by atoms with Crippen molar-refractivity contribution in [3.05, 3.63) is 70.3 Å². The van der Waals surface area contributed by atoms with Crippen LogP contribution in [0.25, 0.3) is 0 Å². The van der Waals surface area contributed by atoms with Crippen LogP contribution in [-0.2, 0) is 11.2 Å². The van der Waals surface area contributed by atoms with Crippen molar-refractivity contribution < 1.29 is 9.59 Å². The maximum atomic E-state index is 12.5. The van der Waals surface area contributed by atoms with Crippen molar-refractivity contribution >= 4 is 29.2 Å². The van der Waals surface area contributed by atoms with E-state index in [9.17, 15) is 9.59 Å². The molecule has 1 aliphatic rings. The van der Waals surface area contributed by atoms with Crippen LogP contribution in [0.15, 0.2) is 42.5 Å². The molecule has 0 atom stereocenters. The van der Waals surface area contributed by atoms with Gasteiger partial charge in [-0.05, 0) is 11.6 Å². The summed E-state index contributed by atoms with van der Waals surface area (Å²) in [5, 5.41) is 0. The number of hydrogen-bond donors (Lipinski definition) is 0. The van der Waals surface area contributed by atoms with Crippen molar-refractivity contribution in [2.24, 2.45) is 0 Å². The molecule has 0 spiro atoms. The molecule has 2 nitrogen and oxygen atoms in total. The standard InChI is InChI=1S/C16H10O2S/c17-8-7-10-5-6-13-14(9-10)15(18)11-3-1-2-4-12(11)16(13)19/h1-6,8-9H,7H2. The summed E-state index contributed by atoms with van der Waals surface area (Å²) < 4.78 is 0. The monoisotopic (exact) mass is 266 g/mol. The molecule has 19 heavy (non-hydrogen) atoms. The molecule has 0 N–H and O–H groups in total. The molecule has 0 bridgehead atoms. The fourth-order valence-corrected chi connectivity index (χ4v) is 2.73. The SMILES string of the molecule is O=CCc1ccc2c(c1)C(=O)c1ccccc1C2=S. The molecule has 1 aliphatic carbocycles. The minimum atomic E-state index is -0.0213. The van der Waals surface area contributed by atoms with E-state index in [0.29, 0.717) is 22.4 Å². The predicted octanol–water partition coefficient (Wildman–Crippen LogP) is 2.74. The van der Waals surface area contributed by atoms with Gasteiger partial charge in [-0.15, -0.1) is 0 Å². The lowest BCUT2D eigenvalue weighted by Gasteiger charge is -2.19. The molecule has 0 fully saturated rings. The first-order valence-corrected chi connectivity index (χ1v) is 6.38. The molecule has 0 radical (unpaired) electrons. The Morgan fingerprint density at radius 1 is 0.947 bits per heavy atom. The molecule has 3 heteroatoms. The highest BCUT2D eigenvalue weighted by Crippen LogP contribution is 2.28. The normalized spacial score (nSPS) is 12.8. The van der Waals surface area contributed by atoms with Crippen LogP contribution in [0.3, 0.4) is 0 Å². The van der Waals surface area contributed by atoms with E-state index in [-0.39, 0.29) is 5.78 Å². The number of carbonyl (C=O) groups is 2. The lowest BCUT2D eigenvalue weighted by atomic mass is 9.84. The van der Waals surface area contributed by atoms with E-state index < -0.39 is 0 Å². The number of ketones is 1. The summed E-state index contributed by atoms with van der Waals surface area (Å²) in [6, 6.07) is 12.8. The van der Waals surface area contributed by atoms with Crippen molar-refractivity contribution in [2.75, 3.05) is 0 Å². The van der Waals surface area contributed by atoms with Crippen LogP contribution in [0.2, 0.25) is 0 Å². The van der Waals surface area contributed by atoms with Crippen LogP contribution in [0.5, 0.6) is 0 Å². The average molecular weight is 266 g/mol. The van der Waals surface area contributed by atoms with Crippen LogP contribution >= 0.6 is 12.2 Å². The van der Waals surface area contributed by atoms with Gasteiger partial charge >= 0.3 is 0 Å². The molecule has 2 aromatic rings. The Balaban J connectivity index is 2.21. The maximum Gasteiger partial charge on any atom is 0.194 e. The largest absolute Gasteiger partial charge is 0.303 e. The summed E-state index contributed by atoms with van der Waals surface area (Å²) in [7, 11) is 0. The van der Waals surface area contributed by atoms with Crippen LogP contribution in [0.1, 0.15) is 32.6 Å². The summed E-state index contributed by atoms with van der Waals surface area (Å²) in [5.41, 5.74) is 3.68. The van der Waals surface area contributed by atoms with E-state index in [0.717, 1.165) is 23.0 Å². The predicted molar refractivity (Wildman–Crippen MR) is 76.9 cm³/mol. The minimum Gasteiger partial charge on any atom is -0.303 e. The second kappa shape index (κ2) is 4.52. The van der Waals surface area contributed by atoms with Gasteiger partial charge in [-0.1, -0.05) is 48.6 Å². The van der Waals surface area contributed by atoms with Gasteiger partial charge in [-0.2, -0.15) is 0 Å². The van der Waals surface area contributed by atoms with Gasteiger partial charge in [0.2, 0.25) is 0 Å². The molecular formula is C16H10O2S. The number of benzene rings is 2. The summed E-state index contributed by atoms with van der Waals surface area (Å²) in [6.07, 6.45) is 1.15. The Kier molecular flexibility index (Phi) is 2.84. The number of hydrogen-bond acceptors (Lipinski definition) is 3. The van der Waals surface area contributed by atoms with E-state index >= 15 is 0 Å². The molecule has 0 amide bonds. The Bertz CT molecular complexity index is 716. The van der Waals surface area contributed by atoms with E-state index in [1.165, 1.54) is 0 Å². The summed E-state index contributed by atoms with van der Waals surface area (Å²) in [4.78, 5) is 23.7. The molecule has 0 heterocycles. The first kappa shape index (κ1) is 11.9. The third-order valence-corrected chi connectivity index (χ3v) is 3.75. The lowest BCUT2D eigenvalue weighted by Crippen LogP contribution is -2.20. The van der Waals surface area contributed by atoms with E-state index in [1.807, 2.05) is 30.3 Å². The van der Waals surface area contributed by atoms with Gasteiger partial charge in [-0.25, -0.2) is 0 Å². The van der Waals surface area contributed by atoms with Crippen molar-refractivity contribution in [1.29, 1.82) is 0 Å². The fourth-order valence-electron chi connectivity index (χ4n) is 2.37. The molecule has 0 saturated carbocycles. The lowest BCUT2D eigenvalue weighted by molar-refractivity contribution is -0.107. The van der Waals surface area contributed by atoms with E-state index in [1.54, 1.807) is 12.1 Å². The molecule has 0 aromatic heterocycles.